The Bertz CT molecular complexity index is 1300. The number of hydrogen-bond donors (Lipinski definition) is 0. The summed E-state index contributed by atoms with van der Waals surface area (Å²) in [5, 5.41) is 0. The first-order chi connectivity index (χ1) is 18.2. The standard InChI is InChI=1S/C29H30FNO7/c1-17(15-23(33)27-28(38-19(3)32)24(35-4)13-14-31-27)29(34)37-18(2)26(20-9-7-6-8-10-20)22-12-11-21(30)16-25(22)36-5/h6-14,16-18,26H,15H2,1-5H3/t17-,18+,26+/m1/s1. The Balaban J connectivity index is 1.82. The number of aromatic nitrogens is 1. The van der Waals surface area contributed by atoms with Crippen molar-refractivity contribution in [3.63, 3.8) is 0 Å². The van der Waals surface area contributed by atoms with Gasteiger partial charge in [0.1, 0.15) is 17.7 Å². The molecule has 200 valence electrons. The highest BCUT2D eigenvalue weighted by Gasteiger charge is 2.31. The van der Waals surface area contributed by atoms with Gasteiger partial charge in [-0.2, -0.15) is 0 Å². The highest BCUT2D eigenvalue weighted by atomic mass is 19.1. The number of methoxy groups -OCH3 is 2. The summed E-state index contributed by atoms with van der Waals surface area (Å²) in [5.74, 6) is -3.13. The predicted octanol–water partition coefficient (Wildman–Crippen LogP) is 5.14. The number of benzene rings is 2. The fraction of sp³-hybridized carbons (Fsp3) is 0.310. The molecule has 0 N–H and O–H groups in total. The van der Waals surface area contributed by atoms with Gasteiger partial charge in [0.05, 0.1) is 20.1 Å². The largest absolute Gasteiger partial charge is 0.496 e. The molecule has 0 aliphatic rings. The summed E-state index contributed by atoms with van der Waals surface area (Å²) in [6.07, 6.45) is 0.425. The van der Waals surface area contributed by atoms with Crippen molar-refractivity contribution in [1.29, 1.82) is 0 Å². The molecule has 0 fully saturated rings. The number of carbonyl (C=O) groups is 3. The van der Waals surface area contributed by atoms with Crippen LogP contribution in [0.25, 0.3) is 0 Å². The summed E-state index contributed by atoms with van der Waals surface area (Å²) in [7, 11) is 2.82. The van der Waals surface area contributed by atoms with Gasteiger partial charge in [-0.1, -0.05) is 43.3 Å². The summed E-state index contributed by atoms with van der Waals surface area (Å²) in [5.41, 5.74) is 1.37. The van der Waals surface area contributed by atoms with Gasteiger partial charge in [-0.15, -0.1) is 0 Å². The van der Waals surface area contributed by atoms with E-state index >= 15 is 0 Å². The molecular formula is C29H30FNO7. The number of ketones is 1. The Morgan fingerprint density at radius 3 is 2.26 bits per heavy atom. The van der Waals surface area contributed by atoms with Crippen LogP contribution in [0.1, 0.15) is 54.7 Å². The molecule has 0 saturated carbocycles. The van der Waals surface area contributed by atoms with Crippen LogP contribution in [0.15, 0.2) is 60.8 Å². The number of nitrogens with zero attached hydrogens (tertiary/aromatic N) is 1. The maximum Gasteiger partial charge on any atom is 0.309 e. The summed E-state index contributed by atoms with van der Waals surface area (Å²) >= 11 is 0. The maximum absolute atomic E-state index is 13.9. The molecule has 8 nitrogen and oxygen atoms in total. The molecule has 3 aromatic rings. The molecule has 0 saturated heterocycles. The normalized spacial score (nSPS) is 13.1. The molecule has 2 aromatic carbocycles. The number of ether oxygens (including phenoxy) is 4. The second kappa shape index (κ2) is 12.8. The fourth-order valence-corrected chi connectivity index (χ4v) is 4.16. The molecule has 3 atom stereocenters. The summed E-state index contributed by atoms with van der Waals surface area (Å²) in [6.45, 7) is 4.49. The number of esters is 2. The lowest BCUT2D eigenvalue weighted by molar-refractivity contribution is -0.153. The van der Waals surface area contributed by atoms with Crippen LogP contribution in [0.2, 0.25) is 0 Å². The van der Waals surface area contributed by atoms with Crippen LogP contribution < -0.4 is 14.2 Å². The number of halogens is 1. The van der Waals surface area contributed by atoms with Gasteiger partial charge < -0.3 is 18.9 Å². The highest BCUT2D eigenvalue weighted by Crippen LogP contribution is 2.37. The molecule has 0 amide bonds. The molecule has 0 aliphatic carbocycles. The zero-order valence-corrected chi connectivity index (χ0v) is 21.9. The number of Topliss-reactive ketones (excluding diaryl/α,β-unsaturated/α-hetero) is 1. The molecule has 0 bridgehead atoms. The first-order valence-corrected chi connectivity index (χ1v) is 12.0. The summed E-state index contributed by atoms with van der Waals surface area (Å²) < 4.78 is 35.5. The molecule has 1 aromatic heterocycles. The van der Waals surface area contributed by atoms with Crippen LogP contribution in [0.4, 0.5) is 4.39 Å². The molecule has 1 heterocycles. The van der Waals surface area contributed by atoms with Crippen molar-refractivity contribution >= 4 is 17.7 Å². The van der Waals surface area contributed by atoms with Crippen LogP contribution in [0.5, 0.6) is 17.2 Å². The van der Waals surface area contributed by atoms with Gasteiger partial charge in [0, 0.05) is 43.2 Å². The maximum atomic E-state index is 13.9. The quantitative estimate of drug-likeness (QED) is 0.252. The van der Waals surface area contributed by atoms with Gasteiger partial charge in [-0.3, -0.25) is 14.4 Å². The third-order valence-electron chi connectivity index (χ3n) is 5.95. The van der Waals surface area contributed by atoms with E-state index in [0.29, 0.717) is 11.3 Å². The number of rotatable bonds is 11. The Kier molecular flexibility index (Phi) is 9.54. The van der Waals surface area contributed by atoms with Crippen molar-refractivity contribution in [3.8, 4) is 17.2 Å². The van der Waals surface area contributed by atoms with Crippen molar-refractivity contribution in [2.24, 2.45) is 5.92 Å². The summed E-state index contributed by atoms with van der Waals surface area (Å²) in [6, 6.07) is 15.0. The smallest absolute Gasteiger partial charge is 0.309 e. The molecule has 0 radical (unpaired) electrons. The number of hydrogen-bond acceptors (Lipinski definition) is 8. The number of carbonyl (C=O) groups excluding carboxylic acids is 3. The molecule has 0 spiro atoms. The first-order valence-electron chi connectivity index (χ1n) is 12.0. The third kappa shape index (κ3) is 6.73. The van der Waals surface area contributed by atoms with E-state index in [1.54, 1.807) is 19.9 Å². The van der Waals surface area contributed by atoms with Crippen molar-refractivity contribution in [1.82, 2.24) is 4.98 Å². The third-order valence-corrected chi connectivity index (χ3v) is 5.95. The minimum atomic E-state index is -0.838. The number of pyridine rings is 1. The van der Waals surface area contributed by atoms with E-state index in [0.717, 1.165) is 5.56 Å². The van der Waals surface area contributed by atoms with Crippen LogP contribution >= 0.6 is 0 Å². The van der Waals surface area contributed by atoms with Crippen molar-refractivity contribution < 1.29 is 37.7 Å². The Morgan fingerprint density at radius 1 is 0.947 bits per heavy atom. The zero-order chi connectivity index (χ0) is 27.8. The summed E-state index contributed by atoms with van der Waals surface area (Å²) in [4.78, 5) is 41.7. The van der Waals surface area contributed by atoms with Gasteiger partial charge in [-0.25, -0.2) is 9.37 Å². The Labute approximate surface area is 220 Å². The monoisotopic (exact) mass is 523 g/mol. The minimum Gasteiger partial charge on any atom is -0.496 e. The van der Waals surface area contributed by atoms with Gasteiger partial charge in [-0.05, 0) is 18.6 Å². The molecule has 3 rings (SSSR count). The second-order valence-corrected chi connectivity index (χ2v) is 8.73. The van der Waals surface area contributed by atoms with Crippen molar-refractivity contribution in [2.75, 3.05) is 14.2 Å². The topological polar surface area (TPSA) is 101 Å². The van der Waals surface area contributed by atoms with E-state index in [1.165, 1.54) is 45.5 Å². The SMILES string of the molecule is COc1cc(F)ccc1[C@H](c1ccccc1)[C@H](C)OC(=O)[C@H](C)CC(=O)c1nccc(OC)c1OC(C)=O. The highest BCUT2D eigenvalue weighted by molar-refractivity contribution is 5.99. The van der Waals surface area contributed by atoms with E-state index in [1.807, 2.05) is 30.3 Å². The average molecular weight is 524 g/mol. The van der Waals surface area contributed by atoms with Gasteiger partial charge >= 0.3 is 11.9 Å². The fourth-order valence-electron chi connectivity index (χ4n) is 4.16. The van der Waals surface area contributed by atoms with E-state index in [4.69, 9.17) is 18.9 Å². The molecule has 9 heteroatoms. The lowest BCUT2D eigenvalue weighted by atomic mass is 9.86. The van der Waals surface area contributed by atoms with E-state index in [-0.39, 0.29) is 23.6 Å². The van der Waals surface area contributed by atoms with Gasteiger partial charge in [0.25, 0.3) is 0 Å². The molecule has 0 aliphatic heterocycles. The Morgan fingerprint density at radius 2 is 1.63 bits per heavy atom. The van der Waals surface area contributed by atoms with Crippen LogP contribution in [-0.4, -0.2) is 43.0 Å². The molecule has 0 unspecified atom stereocenters. The van der Waals surface area contributed by atoms with Crippen molar-refractivity contribution in [2.45, 2.75) is 39.2 Å². The van der Waals surface area contributed by atoms with E-state index in [9.17, 15) is 18.8 Å². The van der Waals surface area contributed by atoms with Crippen molar-refractivity contribution in [3.05, 3.63) is 83.4 Å². The van der Waals surface area contributed by atoms with Crippen LogP contribution in [0, 0.1) is 11.7 Å². The van der Waals surface area contributed by atoms with E-state index in [2.05, 4.69) is 4.98 Å². The second-order valence-electron chi connectivity index (χ2n) is 8.73. The molecule has 38 heavy (non-hydrogen) atoms. The minimum absolute atomic E-state index is 0.103. The van der Waals surface area contributed by atoms with Gasteiger partial charge in [0.15, 0.2) is 17.2 Å². The van der Waals surface area contributed by atoms with Crippen LogP contribution in [0.3, 0.4) is 0 Å². The Hall–Kier alpha value is -4.27. The van der Waals surface area contributed by atoms with E-state index < -0.39 is 41.5 Å². The lowest BCUT2D eigenvalue weighted by Gasteiger charge is -2.27. The van der Waals surface area contributed by atoms with Crippen LogP contribution in [-0.2, 0) is 14.3 Å². The lowest BCUT2D eigenvalue weighted by Crippen LogP contribution is -2.28. The average Bonchev–Trinajstić information content (AvgIpc) is 2.89. The first kappa shape index (κ1) is 28.3. The predicted molar refractivity (Wildman–Crippen MR) is 137 cm³/mol. The molecular weight excluding hydrogens is 493 g/mol. The van der Waals surface area contributed by atoms with Gasteiger partial charge in [0.2, 0.25) is 5.75 Å². The zero-order valence-electron chi connectivity index (χ0n) is 21.9.